The number of ether oxygens (including phenoxy) is 2. The number of benzene rings is 2. The lowest BCUT2D eigenvalue weighted by molar-refractivity contribution is 0.284. The summed E-state index contributed by atoms with van der Waals surface area (Å²) in [6, 6.07) is 8.37. The van der Waals surface area contributed by atoms with Crippen molar-refractivity contribution in [3.8, 4) is 11.5 Å². The first-order valence-corrected chi connectivity index (χ1v) is 7.31. The van der Waals surface area contributed by atoms with Gasteiger partial charge in [0.15, 0.2) is 11.5 Å². The maximum atomic E-state index is 8.60. The van der Waals surface area contributed by atoms with Crippen LogP contribution in [-0.4, -0.2) is 18.5 Å². The van der Waals surface area contributed by atoms with E-state index in [1.54, 1.807) is 30.3 Å². The Hall–Kier alpha value is -1.62. The van der Waals surface area contributed by atoms with Crippen molar-refractivity contribution in [1.82, 2.24) is 0 Å². The Balaban J connectivity index is 2.28. The molecule has 0 heterocycles. The zero-order valence-electron chi connectivity index (χ0n) is 11.5. The maximum Gasteiger partial charge on any atom is 0.162 e. The first-order valence-electron chi connectivity index (χ1n) is 6.17. The van der Waals surface area contributed by atoms with Gasteiger partial charge in [0.25, 0.3) is 0 Å². The zero-order valence-corrected chi connectivity index (χ0v) is 13.8. The van der Waals surface area contributed by atoms with Gasteiger partial charge in [0.05, 0.1) is 23.4 Å². The quantitative estimate of drug-likeness (QED) is 0.351. The lowest BCUT2D eigenvalue weighted by Crippen LogP contribution is -2.00. The normalized spacial score (nSPS) is 10.9. The van der Waals surface area contributed by atoms with Crippen LogP contribution in [0.15, 0.2) is 35.5 Å². The Morgan fingerprint density at radius 1 is 1.09 bits per heavy atom. The van der Waals surface area contributed by atoms with Gasteiger partial charge in [-0.2, -0.15) is 0 Å². The number of hydrogen-bond acceptors (Lipinski definition) is 4. The maximum absolute atomic E-state index is 8.60. The van der Waals surface area contributed by atoms with Crippen LogP contribution < -0.4 is 9.47 Å². The first-order chi connectivity index (χ1) is 10.6. The van der Waals surface area contributed by atoms with Crippen molar-refractivity contribution in [2.75, 3.05) is 7.11 Å². The van der Waals surface area contributed by atoms with E-state index < -0.39 is 0 Å². The molecule has 0 radical (unpaired) electrons. The predicted octanol–water partition coefficient (Wildman–Crippen LogP) is 5.04. The number of nitrogens with zero attached hydrogens (tertiary/aromatic N) is 1. The summed E-state index contributed by atoms with van der Waals surface area (Å²) < 4.78 is 10.9. The minimum absolute atomic E-state index is 0.119. The highest BCUT2D eigenvalue weighted by molar-refractivity contribution is 6.44. The van der Waals surface area contributed by atoms with Crippen LogP contribution in [0.2, 0.25) is 15.1 Å². The second kappa shape index (κ2) is 7.58. The highest BCUT2D eigenvalue weighted by atomic mass is 35.5. The van der Waals surface area contributed by atoms with Crippen LogP contribution >= 0.6 is 34.8 Å². The van der Waals surface area contributed by atoms with Gasteiger partial charge in [0, 0.05) is 16.1 Å². The SMILES string of the molecule is COc1ccc(C=NO)cc1OCc1c(Cl)ccc(Cl)c1Cl. The molecule has 0 amide bonds. The molecule has 0 atom stereocenters. The van der Waals surface area contributed by atoms with Crippen LogP contribution in [-0.2, 0) is 6.61 Å². The van der Waals surface area contributed by atoms with Crippen LogP contribution in [0.1, 0.15) is 11.1 Å². The molecule has 2 aromatic rings. The fourth-order valence-corrected chi connectivity index (χ4v) is 2.46. The molecule has 0 aliphatic heterocycles. The van der Waals surface area contributed by atoms with Gasteiger partial charge in [0.1, 0.15) is 6.61 Å². The van der Waals surface area contributed by atoms with Crippen molar-refractivity contribution in [2.45, 2.75) is 6.61 Å². The molecule has 0 unspecified atom stereocenters. The predicted molar refractivity (Wildman–Crippen MR) is 88.2 cm³/mol. The molecule has 0 saturated heterocycles. The van der Waals surface area contributed by atoms with Gasteiger partial charge in [-0.1, -0.05) is 40.0 Å². The molecule has 2 aromatic carbocycles. The zero-order chi connectivity index (χ0) is 16.1. The largest absolute Gasteiger partial charge is 0.493 e. The molecule has 1 N–H and O–H groups in total. The smallest absolute Gasteiger partial charge is 0.162 e. The van der Waals surface area contributed by atoms with E-state index in [0.29, 0.717) is 37.7 Å². The van der Waals surface area contributed by atoms with E-state index in [1.807, 2.05) is 0 Å². The van der Waals surface area contributed by atoms with Crippen LogP contribution in [0, 0.1) is 0 Å². The first kappa shape index (κ1) is 16.7. The lowest BCUT2D eigenvalue weighted by Gasteiger charge is -2.13. The fraction of sp³-hybridized carbons (Fsp3) is 0.133. The molecule has 2 rings (SSSR count). The summed E-state index contributed by atoms with van der Waals surface area (Å²) in [6.07, 6.45) is 1.28. The summed E-state index contributed by atoms with van der Waals surface area (Å²) in [5.74, 6) is 0.997. The Morgan fingerprint density at radius 2 is 1.82 bits per heavy atom. The number of rotatable bonds is 5. The van der Waals surface area contributed by atoms with E-state index >= 15 is 0 Å². The van der Waals surface area contributed by atoms with Crippen LogP contribution in [0.25, 0.3) is 0 Å². The van der Waals surface area contributed by atoms with Gasteiger partial charge >= 0.3 is 0 Å². The minimum Gasteiger partial charge on any atom is -0.493 e. The van der Waals surface area contributed by atoms with Crippen LogP contribution in [0.3, 0.4) is 0 Å². The molecule has 0 saturated carbocycles. The topological polar surface area (TPSA) is 51.0 Å². The van der Waals surface area contributed by atoms with Crippen LogP contribution in [0.4, 0.5) is 0 Å². The molecule has 0 bridgehead atoms. The second-order valence-electron chi connectivity index (χ2n) is 4.27. The summed E-state index contributed by atoms with van der Waals surface area (Å²) in [5.41, 5.74) is 1.24. The average molecular weight is 361 g/mol. The summed E-state index contributed by atoms with van der Waals surface area (Å²) >= 11 is 18.2. The Labute approximate surface area is 142 Å². The van der Waals surface area contributed by atoms with E-state index in [9.17, 15) is 0 Å². The van der Waals surface area contributed by atoms with Crippen molar-refractivity contribution in [1.29, 1.82) is 0 Å². The Bertz CT molecular complexity index is 705. The number of halogens is 3. The van der Waals surface area contributed by atoms with Gasteiger partial charge in [-0.3, -0.25) is 0 Å². The summed E-state index contributed by atoms with van der Waals surface area (Å²) in [4.78, 5) is 0. The number of oxime groups is 1. The van der Waals surface area contributed by atoms with Crippen molar-refractivity contribution < 1.29 is 14.7 Å². The summed E-state index contributed by atoms with van der Waals surface area (Å²) in [6.45, 7) is 0.119. The minimum atomic E-state index is 0.119. The van der Waals surface area contributed by atoms with Gasteiger partial charge in [-0.05, 0) is 30.3 Å². The molecule has 7 heteroatoms. The molecule has 4 nitrogen and oxygen atoms in total. The van der Waals surface area contributed by atoms with E-state index in [-0.39, 0.29) is 6.61 Å². The summed E-state index contributed by atoms with van der Waals surface area (Å²) in [5, 5.41) is 12.8. The van der Waals surface area contributed by atoms with Crippen molar-refractivity contribution >= 4 is 41.0 Å². The van der Waals surface area contributed by atoms with Gasteiger partial charge < -0.3 is 14.7 Å². The third-order valence-electron chi connectivity index (χ3n) is 2.91. The van der Waals surface area contributed by atoms with E-state index in [1.165, 1.54) is 13.3 Å². The molecule has 116 valence electrons. The average Bonchev–Trinajstić information content (AvgIpc) is 2.52. The van der Waals surface area contributed by atoms with Gasteiger partial charge in [-0.15, -0.1) is 0 Å². The van der Waals surface area contributed by atoms with E-state index in [0.717, 1.165) is 0 Å². The molecular weight excluding hydrogens is 349 g/mol. The highest BCUT2D eigenvalue weighted by Crippen LogP contribution is 2.34. The van der Waals surface area contributed by atoms with Crippen LogP contribution in [0.5, 0.6) is 11.5 Å². The second-order valence-corrected chi connectivity index (χ2v) is 5.46. The van der Waals surface area contributed by atoms with E-state index in [4.69, 9.17) is 49.5 Å². The number of methoxy groups -OCH3 is 1. The molecule has 0 aliphatic carbocycles. The molecule has 0 spiro atoms. The van der Waals surface area contributed by atoms with Crippen molar-refractivity contribution in [3.63, 3.8) is 0 Å². The standard InChI is InChI=1S/C15H12Cl3NO3/c1-21-13-5-2-9(7-19-20)6-14(13)22-8-10-11(16)3-4-12(17)15(10)18/h2-7,20H,8H2,1H3. The van der Waals surface area contributed by atoms with Crippen molar-refractivity contribution in [3.05, 3.63) is 56.5 Å². The third-order valence-corrected chi connectivity index (χ3v) is 4.10. The highest BCUT2D eigenvalue weighted by Gasteiger charge is 2.12. The Morgan fingerprint density at radius 3 is 2.50 bits per heavy atom. The Kier molecular flexibility index (Phi) is 5.77. The molecular formula is C15H12Cl3NO3. The summed E-state index contributed by atoms with van der Waals surface area (Å²) in [7, 11) is 1.53. The molecule has 0 fully saturated rings. The fourth-order valence-electron chi connectivity index (χ4n) is 1.80. The lowest BCUT2D eigenvalue weighted by atomic mass is 10.2. The monoisotopic (exact) mass is 359 g/mol. The van der Waals surface area contributed by atoms with Crippen molar-refractivity contribution in [2.24, 2.45) is 5.16 Å². The molecule has 0 aromatic heterocycles. The molecule has 22 heavy (non-hydrogen) atoms. The van der Waals surface area contributed by atoms with E-state index in [2.05, 4.69) is 5.16 Å². The molecule has 0 aliphatic rings. The van der Waals surface area contributed by atoms with Gasteiger partial charge in [0.2, 0.25) is 0 Å². The third kappa shape index (κ3) is 3.77. The van der Waals surface area contributed by atoms with Gasteiger partial charge in [-0.25, -0.2) is 0 Å². The number of hydrogen-bond donors (Lipinski definition) is 1.